The molecule has 1 aromatic carbocycles. The Bertz CT molecular complexity index is 973. The fraction of sp³-hybridized carbons (Fsp3) is 0.333. The summed E-state index contributed by atoms with van der Waals surface area (Å²) in [4.78, 5) is 37.0. The Labute approximate surface area is 171 Å². The first kappa shape index (κ1) is 19.4. The van der Waals surface area contributed by atoms with Crippen molar-refractivity contribution in [2.24, 2.45) is 5.92 Å². The number of carbonyl (C=O) groups excluding carboxylic acids is 2. The first-order valence-electron chi connectivity index (χ1n) is 9.61. The SMILES string of the molecule is O=C1S/C(=C\c2ccc(-c3ccc([N+](=O)[O-])cc3)o2)C(=O)N1CC1CCCCC1. The number of non-ortho nitro benzene ring substituents is 1. The second kappa shape index (κ2) is 8.24. The van der Waals surface area contributed by atoms with Crippen molar-refractivity contribution in [1.29, 1.82) is 0 Å². The van der Waals surface area contributed by atoms with Crippen LogP contribution in [-0.2, 0) is 4.79 Å². The molecular weight excluding hydrogens is 392 g/mol. The smallest absolute Gasteiger partial charge is 0.293 e. The number of amides is 2. The summed E-state index contributed by atoms with van der Waals surface area (Å²) in [5, 5.41) is 10.5. The van der Waals surface area contributed by atoms with E-state index in [1.807, 2.05) is 0 Å². The van der Waals surface area contributed by atoms with Gasteiger partial charge in [-0.15, -0.1) is 0 Å². The molecule has 0 atom stereocenters. The molecule has 150 valence electrons. The zero-order valence-corrected chi connectivity index (χ0v) is 16.5. The molecule has 1 aromatic heterocycles. The number of thioether (sulfide) groups is 1. The molecule has 0 spiro atoms. The summed E-state index contributed by atoms with van der Waals surface area (Å²) in [6.45, 7) is 0.494. The minimum atomic E-state index is -0.458. The predicted octanol–water partition coefficient (Wildman–Crippen LogP) is 5.47. The van der Waals surface area contributed by atoms with Gasteiger partial charge in [0.2, 0.25) is 0 Å². The molecule has 7 nitrogen and oxygen atoms in total. The van der Waals surface area contributed by atoms with Crippen LogP contribution in [0.1, 0.15) is 37.9 Å². The number of hydrogen-bond acceptors (Lipinski definition) is 6. The van der Waals surface area contributed by atoms with Gasteiger partial charge in [0.15, 0.2) is 0 Å². The summed E-state index contributed by atoms with van der Waals surface area (Å²) in [6, 6.07) is 9.49. The highest BCUT2D eigenvalue weighted by molar-refractivity contribution is 8.18. The minimum Gasteiger partial charge on any atom is -0.457 e. The standard InChI is InChI=1S/C21H20N2O5S/c24-20-19(29-21(25)22(20)13-14-4-2-1-3-5-14)12-17-10-11-18(28-17)15-6-8-16(9-7-15)23(26)27/h6-12,14H,1-5,13H2/b19-12-. The molecule has 4 rings (SSSR count). The summed E-state index contributed by atoms with van der Waals surface area (Å²) >= 11 is 0.939. The van der Waals surface area contributed by atoms with Crippen LogP contribution >= 0.6 is 11.8 Å². The Morgan fingerprint density at radius 2 is 1.83 bits per heavy atom. The van der Waals surface area contributed by atoms with Gasteiger partial charge >= 0.3 is 0 Å². The van der Waals surface area contributed by atoms with E-state index >= 15 is 0 Å². The van der Waals surface area contributed by atoms with Gasteiger partial charge in [-0.2, -0.15) is 0 Å². The molecule has 1 saturated heterocycles. The number of imide groups is 1. The van der Waals surface area contributed by atoms with Crippen molar-refractivity contribution in [1.82, 2.24) is 4.90 Å². The van der Waals surface area contributed by atoms with E-state index in [1.165, 1.54) is 23.5 Å². The van der Waals surface area contributed by atoms with E-state index in [2.05, 4.69) is 0 Å². The van der Waals surface area contributed by atoms with Crippen molar-refractivity contribution < 1.29 is 18.9 Å². The second-order valence-corrected chi connectivity index (χ2v) is 8.30. The largest absolute Gasteiger partial charge is 0.457 e. The summed E-state index contributed by atoms with van der Waals surface area (Å²) in [5.41, 5.74) is 0.702. The molecule has 1 saturated carbocycles. The molecule has 8 heteroatoms. The highest BCUT2D eigenvalue weighted by atomic mass is 32.2. The quantitative estimate of drug-likeness (QED) is 0.367. The summed E-state index contributed by atoms with van der Waals surface area (Å²) in [7, 11) is 0. The topological polar surface area (TPSA) is 93.7 Å². The lowest BCUT2D eigenvalue weighted by molar-refractivity contribution is -0.384. The van der Waals surface area contributed by atoms with Gasteiger partial charge in [-0.3, -0.25) is 24.6 Å². The minimum absolute atomic E-state index is 0.00664. The number of furan rings is 1. The van der Waals surface area contributed by atoms with Crippen molar-refractivity contribution in [3.05, 3.63) is 57.2 Å². The van der Waals surface area contributed by atoms with Gasteiger partial charge in [0, 0.05) is 30.3 Å². The van der Waals surface area contributed by atoms with Crippen molar-refractivity contribution >= 4 is 34.7 Å². The van der Waals surface area contributed by atoms with Crippen LogP contribution in [0.5, 0.6) is 0 Å². The summed E-state index contributed by atoms with van der Waals surface area (Å²) in [6.07, 6.45) is 7.27. The van der Waals surface area contributed by atoms with Gasteiger partial charge in [-0.25, -0.2) is 0 Å². The van der Waals surface area contributed by atoms with Crippen LogP contribution < -0.4 is 0 Å². The van der Waals surface area contributed by atoms with Crippen molar-refractivity contribution in [2.75, 3.05) is 6.54 Å². The molecule has 1 aliphatic carbocycles. The van der Waals surface area contributed by atoms with Crippen molar-refractivity contribution in [2.45, 2.75) is 32.1 Å². The first-order chi connectivity index (χ1) is 14.0. The maximum atomic E-state index is 12.7. The predicted molar refractivity (Wildman–Crippen MR) is 110 cm³/mol. The van der Waals surface area contributed by atoms with Gasteiger partial charge in [0.1, 0.15) is 11.5 Å². The Hall–Kier alpha value is -2.87. The third-order valence-electron chi connectivity index (χ3n) is 5.30. The molecule has 0 N–H and O–H groups in total. The van der Waals surface area contributed by atoms with E-state index in [4.69, 9.17) is 4.42 Å². The zero-order valence-electron chi connectivity index (χ0n) is 15.7. The fourth-order valence-corrected chi connectivity index (χ4v) is 4.58. The maximum Gasteiger partial charge on any atom is 0.293 e. The third kappa shape index (κ3) is 4.27. The monoisotopic (exact) mass is 412 g/mol. The average molecular weight is 412 g/mol. The highest BCUT2D eigenvalue weighted by Crippen LogP contribution is 2.35. The molecule has 29 heavy (non-hydrogen) atoms. The maximum absolute atomic E-state index is 12.7. The summed E-state index contributed by atoms with van der Waals surface area (Å²) < 4.78 is 5.76. The van der Waals surface area contributed by atoms with Crippen LogP contribution in [0.3, 0.4) is 0 Å². The fourth-order valence-electron chi connectivity index (χ4n) is 3.75. The van der Waals surface area contributed by atoms with Crippen molar-refractivity contribution in [3.8, 4) is 11.3 Å². The van der Waals surface area contributed by atoms with Crippen LogP contribution in [-0.4, -0.2) is 27.5 Å². The molecule has 2 heterocycles. The lowest BCUT2D eigenvalue weighted by Gasteiger charge is -2.25. The zero-order chi connectivity index (χ0) is 20.4. The van der Waals surface area contributed by atoms with Crippen LogP contribution in [0.25, 0.3) is 17.4 Å². The van der Waals surface area contributed by atoms with E-state index in [0.29, 0.717) is 34.5 Å². The number of rotatable bonds is 5. The second-order valence-electron chi connectivity index (χ2n) is 7.30. The average Bonchev–Trinajstić information content (AvgIpc) is 3.29. The molecule has 0 radical (unpaired) electrons. The molecule has 1 aliphatic heterocycles. The van der Waals surface area contributed by atoms with Gasteiger partial charge in [0.25, 0.3) is 16.8 Å². The van der Waals surface area contributed by atoms with Gasteiger partial charge in [-0.1, -0.05) is 19.3 Å². The van der Waals surface area contributed by atoms with Gasteiger partial charge in [0.05, 0.1) is 9.83 Å². The molecule has 2 aliphatic rings. The normalized spacial score (nSPS) is 19.3. The third-order valence-corrected chi connectivity index (χ3v) is 6.21. The molecule has 0 unspecified atom stereocenters. The van der Waals surface area contributed by atoms with E-state index in [1.54, 1.807) is 30.3 Å². The van der Waals surface area contributed by atoms with E-state index in [-0.39, 0.29) is 16.8 Å². The number of carbonyl (C=O) groups is 2. The van der Waals surface area contributed by atoms with Crippen LogP contribution in [0.2, 0.25) is 0 Å². The van der Waals surface area contributed by atoms with E-state index < -0.39 is 4.92 Å². The first-order valence-corrected chi connectivity index (χ1v) is 10.4. The Kier molecular flexibility index (Phi) is 5.53. The number of nitro benzene ring substituents is 1. The highest BCUT2D eigenvalue weighted by Gasteiger charge is 2.36. The Morgan fingerprint density at radius 3 is 2.52 bits per heavy atom. The van der Waals surface area contributed by atoms with E-state index in [0.717, 1.165) is 37.4 Å². The van der Waals surface area contributed by atoms with Crippen LogP contribution in [0.15, 0.2) is 45.7 Å². The molecular formula is C21H20N2O5S. The Morgan fingerprint density at radius 1 is 1.10 bits per heavy atom. The molecule has 0 bridgehead atoms. The van der Waals surface area contributed by atoms with Crippen molar-refractivity contribution in [3.63, 3.8) is 0 Å². The van der Waals surface area contributed by atoms with Crippen LogP contribution in [0, 0.1) is 16.0 Å². The lowest BCUT2D eigenvalue weighted by Crippen LogP contribution is -2.34. The number of benzene rings is 1. The molecule has 2 amide bonds. The lowest BCUT2D eigenvalue weighted by atomic mass is 9.89. The van der Waals surface area contributed by atoms with Gasteiger partial charge in [-0.05, 0) is 54.8 Å². The Balaban J connectivity index is 1.47. The van der Waals surface area contributed by atoms with Gasteiger partial charge < -0.3 is 4.42 Å². The number of hydrogen-bond donors (Lipinski definition) is 0. The number of nitro groups is 1. The number of nitrogens with zero attached hydrogens (tertiary/aromatic N) is 2. The molecule has 2 fully saturated rings. The summed E-state index contributed by atoms with van der Waals surface area (Å²) in [5.74, 6) is 1.13. The van der Waals surface area contributed by atoms with E-state index in [9.17, 15) is 19.7 Å². The molecule has 2 aromatic rings. The van der Waals surface area contributed by atoms with Crippen LogP contribution in [0.4, 0.5) is 10.5 Å².